The van der Waals surface area contributed by atoms with Gasteiger partial charge >= 0.3 is 0 Å². The lowest BCUT2D eigenvalue weighted by molar-refractivity contribution is -0.121. The summed E-state index contributed by atoms with van der Waals surface area (Å²) >= 11 is 3.38. The van der Waals surface area contributed by atoms with Crippen molar-refractivity contribution in [2.75, 3.05) is 0 Å². The fourth-order valence-electron chi connectivity index (χ4n) is 3.39. The first-order valence-corrected chi connectivity index (χ1v) is 10.2. The van der Waals surface area contributed by atoms with Gasteiger partial charge in [-0.2, -0.15) is 0 Å². The molecule has 1 aromatic heterocycles. The van der Waals surface area contributed by atoms with E-state index in [0.717, 1.165) is 15.4 Å². The molecule has 4 rings (SSSR count). The van der Waals surface area contributed by atoms with Crippen molar-refractivity contribution in [2.24, 2.45) is 0 Å². The van der Waals surface area contributed by atoms with E-state index in [4.69, 9.17) is 0 Å². The SMILES string of the molecule is C[C@H](NC(=O)CCn1cnc2ccc(Br)cc2c1=O)c1ccc2ccccc2c1. The van der Waals surface area contributed by atoms with E-state index < -0.39 is 0 Å². The average molecular weight is 450 g/mol. The molecule has 0 spiro atoms. The maximum Gasteiger partial charge on any atom is 0.261 e. The standard InChI is InChI=1S/C23H20BrN3O2/c1-15(17-7-6-16-4-2-3-5-18(16)12-17)26-22(28)10-11-27-14-25-21-9-8-19(24)13-20(21)23(27)29/h2-9,12-15H,10-11H2,1H3,(H,26,28)/t15-/m0/s1. The number of nitrogens with one attached hydrogen (secondary N) is 1. The summed E-state index contributed by atoms with van der Waals surface area (Å²) in [6.45, 7) is 2.24. The number of benzene rings is 3. The number of hydrogen-bond acceptors (Lipinski definition) is 3. The van der Waals surface area contributed by atoms with Gasteiger partial charge in [0.1, 0.15) is 0 Å². The Bertz CT molecular complexity index is 1270. The molecule has 0 aliphatic heterocycles. The summed E-state index contributed by atoms with van der Waals surface area (Å²) in [5.74, 6) is -0.105. The van der Waals surface area contributed by atoms with Gasteiger partial charge in [0, 0.05) is 17.4 Å². The maximum absolute atomic E-state index is 12.6. The molecule has 1 heterocycles. The molecule has 0 bridgehead atoms. The quantitative estimate of drug-likeness (QED) is 0.484. The van der Waals surface area contributed by atoms with Crippen LogP contribution in [0.2, 0.25) is 0 Å². The van der Waals surface area contributed by atoms with Crippen LogP contribution in [-0.4, -0.2) is 15.5 Å². The number of rotatable bonds is 5. The van der Waals surface area contributed by atoms with Crippen LogP contribution >= 0.6 is 15.9 Å². The number of aromatic nitrogens is 2. The number of carbonyl (C=O) groups excluding carboxylic acids is 1. The van der Waals surface area contributed by atoms with E-state index in [2.05, 4.69) is 50.5 Å². The second-order valence-electron chi connectivity index (χ2n) is 7.05. The Morgan fingerprint density at radius 2 is 1.90 bits per heavy atom. The molecule has 6 heteroatoms. The average Bonchev–Trinajstić information content (AvgIpc) is 2.73. The Hall–Kier alpha value is -2.99. The van der Waals surface area contributed by atoms with Crippen molar-refractivity contribution in [1.82, 2.24) is 14.9 Å². The first-order chi connectivity index (χ1) is 14.0. The Labute approximate surface area is 176 Å². The lowest BCUT2D eigenvalue weighted by Gasteiger charge is -2.15. The smallest absolute Gasteiger partial charge is 0.261 e. The van der Waals surface area contributed by atoms with Gasteiger partial charge in [0.15, 0.2) is 0 Å². The Balaban J connectivity index is 1.43. The number of fused-ring (bicyclic) bond motifs is 2. The van der Waals surface area contributed by atoms with Crippen LogP contribution < -0.4 is 10.9 Å². The molecule has 0 radical (unpaired) electrons. The van der Waals surface area contributed by atoms with Crippen LogP contribution in [0.15, 0.2) is 76.3 Å². The van der Waals surface area contributed by atoms with Crippen LogP contribution in [0, 0.1) is 0 Å². The molecule has 1 amide bonds. The summed E-state index contributed by atoms with van der Waals surface area (Å²) in [4.78, 5) is 29.4. The minimum absolute atomic E-state index is 0.105. The van der Waals surface area contributed by atoms with Crippen LogP contribution in [0.4, 0.5) is 0 Å². The lowest BCUT2D eigenvalue weighted by Crippen LogP contribution is -2.29. The summed E-state index contributed by atoms with van der Waals surface area (Å²) in [6.07, 6.45) is 1.71. The summed E-state index contributed by atoms with van der Waals surface area (Å²) in [5, 5.41) is 5.86. The van der Waals surface area contributed by atoms with Crippen LogP contribution in [0.3, 0.4) is 0 Å². The fourth-order valence-corrected chi connectivity index (χ4v) is 3.75. The highest BCUT2D eigenvalue weighted by Crippen LogP contribution is 2.20. The molecule has 5 nitrogen and oxygen atoms in total. The van der Waals surface area contributed by atoms with Gasteiger partial charge in [-0.1, -0.05) is 52.3 Å². The number of hydrogen-bond donors (Lipinski definition) is 1. The van der Waals surface area contributed by atoms with Crippen molar-refractivity contribution in [3.8, 4) is 0 Å². The molecule has 3 aromatic carbocycles. The van der Waals surface area contributed by atoms with Crippen LogP contribution in [0.1, 0.15) is 24.9 Å². The highest BCUT2D eigenvalue weighted by Gasteiger charge is 2.11. The predicted molar refractivity (Wildman–Crippen MR) is 119 cm³/mol. The fraction of sp³-hybridized carbons (Fsp3) is 0.174. The maximum atomic E-state index is 12.6. The Morgan fingerprint density at radius 1 is 1.10 bits per heavy atom. The first-order valence-electron chi connectivity index (χ1n) is 9.44. The normalized spacial score (nSPS) is 12.2. The number of halogens is 1. The molecule has 0 fully saturated rings. The number of aryl methyl sites for hydroxylation is 1. The van der Waals surface area contributed by atoms with E-state index in [1.165, 1.54) is 16.3 Å². The van der Waals surface area contributed by atoms with Crippen LogP contribution in [0.5, 0.6) is 0 Å². The van der Waals surface area contributed by atoms with E-state index in [9.17, 15) is 9.59 Å². The Kier molecular flexibility index (Phi) is 5.45. The van der Waals surface area contributed by atoms with E-state index in [-0.39, 0.29) is 30.5 Å². The molecular formula is C23H20BrN3O2. The summed E-state index contributed by atoms with van der Waals surface area (Å²) in [5.41, 5.74) is 1.54. The zero-order valence-corrected chi connectivity index (χ0v) is 17.5. The molecule has 29 heavy (non-hydrogen) atoms. The minimum atomic E-state index is -0.147. The second-order valence-corrected chi connectivity index (χ2v) is 7.97. The second kappa shape index (κ2) is 8.17. The zero-order valence-electron chi connectivity index (χ0n) is 15.9. The molecule has 1 N–H and O–H groups in total. The monoisotopic (exact) mass is 449 g/mol. The van der Waals surface area contributed by atoms with Crippen molar-refractivity contribution in [3.05, 3.63) is 87.4 Å². The number of nitrogens with zero attached hydrogens (tertiary/aromatic N) is 2. The minimum Gasteiger partial charge on any atom is -0.350 e. The van der Waals surface area contributed by atoms with E-state index >= 15 is 0 Å². The number of amides is 1. The van der Waals surface area contributed by atoms with Gasteiger partial charge in [-0.3, -0.25) is 14.2 Å². The third kappa shape index (κ3) is 4.22. The third-order valence-corrected chi connectivity index (χ3v) is 5.51. The molecular weight excluding hydrogens is 430 g/mol. The molecule has 0 saturated heterocycles. The van der Waals surface area contributed by atoms with Crippen molar-refractivity contribution in [2.45, 2.75) is 25.9 Å². The van der Waals surface area contributed by atoms with E-state index in [0.29, 0.717) is 10.9 Å². The van der Waals surface area contributed by atoms with E-state index in [1.807, 2.05) is 31.2 Å². The molecule has 4 aromatic rings. The summed E-state index contributed by atoms with van der Waals surface area (Å²) in [7, 11) is 0. The molecule has 0 aliphatic carbocycles. The molecule has 0 unspecified atom stereocenters. The summed E-state index contributed by atoms with van der Waals surface area (Å²) in [6, 6.07) is 19.6. The van der Waals surface area contributed by atoms with Gasteiger partial charge in [-0.25, -0.2) is 4.98 Å². The van der Waals surface area contributed by atoms with Crippen LogP contribution in [0.25, 0.3) is 21.7 Å². The highest BCUT2D eigenvalue weighted by atomic mass is 79.9. The lowest BCUT2D eigenvalue weighted by atomic mass is 10.0. The van der Waals surface area contributed by atoms with Crippen molar-refractivity contribution in [3.63, 3.8) is 0 Å². The molecule has 146 valence electrons. The Morgan fingerprint density at radius 3 is 2.72 bits per heavy atom. The molecule has 1 atom stereocenters. The van der Waals surface area contributed by atoms with E-state index in [1.54, 1.807) is 12.1 Å². The van der Waals surface area contributed by atoms with Crippen molar-refractivity contribution < 1.29 is 4.79 Å². The number of carbonyl (C=O) groups is 1. The topological polar surface area (TPSA) is 64.0 Å². The predicted octanol–water partition coefficient (Wildman–Crippen LogP) is 4.58. The zero-order chi connectivity index (χ0) is 20.4. The largest absolute Gasteiger partial charge is 0.350 e. The van der Waals surface area contributed by atoms with Crippen LogP contribution in [-0.2, 0) is 11.3 Å². The molecule has 0 aliphatic rings. The molecule has 0 saturated carbocycles. The van der Waals surface area contributed by atoms with Gasteiger partial charge < -0.3 is 5.32 Å². The van der Waals surface area contributed by atoms with Crippen molar-refractivity contribution >= 4 is 43.5 Å². The van der Waals surface area contributed by atoms with Gasteiger partial charge in [-0.05, 0) is 47.5 Å². The van der Waals surface area contributed by atoms with Gasteiger partial charge in [-0.15, -0.1) is 0 Å². The van der Waals surface area contributed by atoms with Gasteiger partial charge in [0.25, 0.3) is 5.56 Å². The first kappa shape index (κ1) is 19.3. The van der Waals surface area contributed by atoms with Gasteiger partial charge in [0.2, 0.25) is 5.91 Å². The van der Waals surface area contributed by atoms with Gasteiger partial charge in [0.05, 0.1) is 23.3 Å². The summed E-state index contributed by atoms with van der Waals surface area (Å²) < 4.78 is 2.30. The van der Waals surface area contributed by atoms with Crippen molar-refractivity contribution in [1.29, 1.82) is 0 Å². The third-order valence-electron chi connectivity index (χ3n) is 5.02. The highest BCUT2D eigenvalue weighted by molar-refractivity contribution is 9.10.